The van der Waals surface area contributed by atoms with Crippen LogP contribution in [-0.2, 0) is 4.79 Å². The van der Waals surface area contributed by atoms with Crippen molar-refractivity contribution in [3.8, 4) is 0 Å². The van der Waals surface area contributed by atoms with Crippen LogP contribution in [0.5, 0.6) is 0 Å². The predicted octanol–water partition coefficient (Wildman–Crippen LogP) is 1.94. The van der Waals surface area contributed by atoms with Crippen molar-refractivity contribution in [3.05, 3.63) is 10.1 Å². The maximum absolute atomic E-state index is 12.8. The van der Waals surface area contributed by atoms with Crippen molar-refractivity contribution in [2.45, 2.75) is 30.6 Å². The highest BCUT2D eigenvalue weighted by atomic mass is 35.5. The molecule has 0 N–H and O–H groups in total. The van der Waals surface area contributed by atoms with Crippen LogP contribution in [0, 0.1) is 10.1 Å². The fourth-order valence-electron chi connectivity index (χ4n) is 1.50. The Labute approximate surface area is 98.0 Å². The van der Waals surface area contributed by atoms with E-state index in [2.05, 4.69) is 10.2 Å². The SMILES string of the molecule is C[C@]1(C(=O)Cl)C[C@](C[N+](=O)[O-])(C(F)(F)F)N=N1. The lowest BCUT2D eigenvalue weighted by Crippen LogP contribution is -2.50. The van der Waals surface area contributed by atoms with E-state index in [4.69, 9.17) is 11.6 Å². The molecule has 0 radical (unpaired) electrons. The van der Waals surface area contributed by atoms with Crippen molar-refractivity contribution in [3.63, 3.8) is 0 Å². The Bertz CT molecular complexity index is 400. The lowest BCUT2D eigenvalue weighted by molar-refractivity contribution is -0.499. The van der Waals surface area contributed by atoms with Crippen LogP contribution in [-0.4, -0.2) is 34.0 Å². The molecule has 96 valence electrons. The molecule has 10 heteroatoms. The maximum atomic E-state index is 12.8. The van der Waals surface area contributed by atoms with Crippen molar-refractivity contribution >= 4 is 16.8 Å². The zero-order chi connectivity index (χ0) is 13.5. The number of carbonyl (C=O) groups is 1. The first-order valence-corrected chi connectivity index (χ1v) is 4.73. The molecule has 1 aliphatic heterocycles. The van der Waals surface area contributed by atoms with Gasteiger partial charge in [0.1, 0.15) is 0 Å². The molecule has 6 nitrogen and oxygen atoms in total. The third-order valence-electron chi connectivity index (χ3n) is 2.44. The highest BCUT2D eigenvalue weighted by Crippen LogP contribution is 2.46. The van der Waals surface area contributed by atoms with E-state index in [0.29, 0.717) is 0 Å². The summed E-state index contributed by atoms with van der Waals surface area (Å²) in [6.07, 6.45) is -5.92. The minimum Gasteiger partial charge on any atom is -0.278 e. The molecule has 0 spiro atoms. The number of carbonyl (C=O) groups excluding carboxylic acids is 1. The van der Waals surface area contributed by atoms with Gasteiger partial charge in [-0.1, -0.05) is 0 Å². The van der Waals surface area contributed by atoms with Crippen LogP contribution in [0.3, 0.4) is 0 Å². The standard InChI is InChI=1S/C7H7ClF3N3O3/c1-5(4(8)15)2-6(13-12-5,3-14(16)17)7(9,10)11/h2-3H2,1H3/t5-,6+/m1/s1. The van der Waals surface area contributed by atoms with E-state index in [1.807, 2.05) is 0 Å². The molecule has 1 aliphatic rings. The van der Waals surface area contributed by atoms with Gasteiger partial charge in [-0.2, -0.15) is 23.4 Å². The first-order valence-electron chi connectivity index (χ1n) is 4.35. The van der Waals surface area contributed by atoms with Gasteiger partial charge in [0.15, 0.2) is 5.54 Å². The number of nitro groups is 1. The topological polar surface area (TPSA) is 84.9 Å². The molecule has 0 aromatic rings. The zero-order valence-corrected chi connectivity index (χ0v) is 9.25. The monoisotopic (exact) mass is 273 g/mol. The highest BCUT2D eigenvalue weighted by molar-refractivity contribution is 6.65. The summed E-state index contributed by atoms with van der Waals surface area (Å²) in [5.74, 6) is 0. The van der Waals surface area contributed by atoms with Gasteiger partial charge in [-0.05, 0) is 18.5 Å². The Morgan fingerprint density at radius 1 is 1.53 bits per heavy atom. The molecule has 0 saturated heterocycles. The second-order valence-corrected chi connectivity index (χ2v) is 4.29. The van der Waals surface area contributed by atoms with E-state index in [-0.39, 0.29) is 0 Å². The molecule has 0 saturated carbocycles. The van der Waals surface area contributed by atoms with Gasteiger partial charge >= 0.3 is 6.18 Å². The molecule has 2 atom stereocenters. The molecular weight excluding hydrogens is 267 g/mol. The van der Waals surface area contributed by atoms with Gasteiger partial charge in [0.25, 0.3) is 5.24 Å². The smallest absolute Gasteiger partial charge is 0.278 e. The first-order chi connectivity index (χ1) is 7.52. The van der Waals surface area contributed by atoms with Crippen LogP contribution in [0.4, 0.5) is 13.2 Å². The Hall–Kier alpha value is -1.25. The van der Waals surface area contributed by atoms with Crippen molar-refractivity contribution in [1.82, 2.24) is 0 Å². The minimum atomic E-state index is -4.96. The Kier molecular flexibility index (Phi) is 3.17. The number of nitrogens with zero attached hydrogens (tertiary/aromatic N) is 3. The van der Waals surface area contributed by atoms with Gasteiger partial charge in [-0.25, -0.2) is 0 Å². The minimum absolute atomic E-state index is 0.952. The number of alkyl halides is 3. The van der Waals surface area contributed by atoms with E-state index in [1.54, 1.807) is 0 Å². The highest BCUT2D eigenvalue weighted by Gasteiger charge is 2.66. The van der Waals surface area contributed by atoms with Crippen LogP contribution in [0.25, 0.3) is 0 Å². The molecule has 0 unspecified atom stereocenters. The number of hydrogen-bond donors (Lipinski definition) is 0. The van der Waals surface area contributed by atoms with E-state index in [1.165, 1.54) is 0 Å². The summed E-state index contributed by atoms with van der Waals surface area (Å²) in [7, 11) is 0. The van der Waals surface area contributed by atoms with E-state index >= 15 is 0 Å². The summed E-state index contributed by atoms with van der Waals surface area (Å²) in [6.45, 7) is -0.418. The Morgan fingerprint density at radius 2 is 2.06 bits per heavy atom. The maximum Gasteiger partial charge on any atom is 0.421 e. The number of halogens is 4. The average molecular weight is 274 g/mol. The van der Waals surface area contributed by atoms with E-state index in [9.17, 15) is 28.1 Å². The second-order valence-electron chi connectivity index (χ2n) is 3.94. The van der Waals surface area contributed by atoms with E-state index < -0.39 is 40.4 Å². The number of rotatable bonds is 3. The molecule has 1 heterocycles. The molecular formula is C7H7ClF3N3O3. The average Bonchev–Trinajstić information content (AvgIpc) is 2.44. The van der Waals surface area contributed by atoms with Crippen LogP contribution < -0.4 is 0 Å². The normalized spacial score (nSPS) is 32.8. The van der Waals surface area contributed by atoms with Crippen LogP contribution in [0.1, 0.15) is 13.3 Å². The van der Waals surface area contributed by atoms with Crippen molar-refractivity contribution in [2.75, 3.05) is 6.54 Å². The van der Waals surface area contributed by atoms with Crippen molar-refractivity contribution in [2.24, 2.45) is 10.2 Å². The molecule has 0 fully saturated rings. The molecule has 17 heavy (non-hydrogen) atoms. The summed E-state index contributed by atoms with van der Waals surface area (Å²) in [4.78, 5) is 20.1. The largest absolute Gasteiger partial charge is 0.421 e. The molecule has 0 aromatic carbocycles. The Balaban J connectivity index is 3.12. The third kappa shape index (κ3) is 2.38. The molecule has 0 aromatic heterocycles. The first kappa shape index (κ1) is 13.8. The lowest BCUT2D eigenvalue weighted by Gasteiger charge is -2.25. The van der Waals surface area contributed by atoms with Gasteiger partial charge in [-0.15, -0.1) is 0 Å². The summed E-state index contributed by atoms with van der Waals surface area (Å²) in [6, 6.07) is 0. The molecule has 0 amide bonds. The molecule has 1 rings (SSSR count). The van der Waals surface area contributed by atoms with Crippen molar-refractivity contribution < 1.29 is 22.9 Å². The number of hydrogen-bond acceptors (Lipinski definition) is 5. The molecule has 0 aliphatic carbocycles. The summed E-state index contributed by atoms with van der Waals surface area (Å²) < 4.78 is 38.3. The Morgan fingerprint density at radius 3 is 2.35 bits per heavy atom. The third-order valence-corrected chi connectivity index (χ3v) is 2.85. The fraction of sp³-hybridized carbons (Fsp3) is 0.857. The van der Waals surface area contributed by atoms with Crippen LogP contribution in [0.2, 0.25) is 0 Å². The van der Waals surface area contributed by atoms with E-state index in [0.717, 1.165) is 6.92 Å². The quantitative estimate of drug-likeness (QED) is 0.447. The van der Waals surface area contributed by atoms with Crippen LogP contribution in [0.15, 0.2) is 10.2 Å². The van der Waals surface area contributed by atoms with Crippen molar-refractivity contribution in [1.29, 1.82) is 0 Å². The van der Waals surface area contributed by atoms with Gasteiger partial charge < -0.3 is 0 Å². The van der Waals surface area contributed by atoms with Gasteiger partial charge in [0.05, 0.1) is 0 Å². The summed E-state index contributed by atoms with van der Waals surface area (Å²) in [5.41, 5.74) is -4.84. The predicted molar refractivity (Wildman–Crippen MR) is 49.4 cm³/mol. The molecule has 0 bridgehead atoms. The number of azo groups is 1. The second kappa shape index (κ2) is 3.90. The summed E-state index contributed by atoms with van der Waals surface area (Å²) in [5, 5.41) is 15.2. The van der Waals surface area contributed by atoms with Gasteiger partial charge in [-0.3, -0.25) is 14.9 Å². The van der Waals surface area contributed by atoms with Crippen LogP contribution >= 0.6 is 11.6 Å². The van der Waals surface area contributed by atoms with Gasteiger partial charge in [0.2, 0.25) is 12.1 Å². The fourth-order valence-corrected chi connectivity index (χ4v) is 1.61. The zero-order valence-electron chi connectivity index (χ0n) is 8.49. The lowest BCUT2D eigenvalue weighted by atomic mass is 9.86. The summed E-state index contributed by atoms with van der Waals surface area (Å²) >= 11 is 5.11. The van der Waals surface area contributed by atoms with Gasteiger partial charge in [0, 0.05) is 11.3 Å².